The van der Waals surface area contributed by atoms with Crippen LogP contribution in [0.15, 0.2) is 12.4 Å². The van der Waals surface area contributed by atoms with Crippen LogP contribution in [0.1, 0.15) is 64.0 Å². The van der Waals surface area contributed by atoms with Crippen molar-refractivity contribution in [1.82, 2.24) is 4.98 Å². The molecule has 1 aliphatic heterocycles. The number of pyridine rings is 1. The third-order valence-corrected chi connectivity index (χ3v) is 5.25. The molecule has 4 heteroatoms. The molecule has 0 amide bonds. The molecule has 108 valence electrons. The lowest BCUT2D eigenvalue weighted by Crippen LogP contribution is -2.41. The van der Waals surface area contributed by atoms with E-state index in [1.807, 2.05) is 12.4 Å². The van der Waals surface area contributed by atoms with Crippen molar-refractivity contribution in [2.24, 2.45) is 0 Å². The fourth-order valence-corrected chi connectivity index (χ4v) is 2.92. The highest BCUT2D eigenvalue weighted by Crippen LogP contribution is 2.39. The van der Waals surface area contributed by atoms with Crippen LogP contribution in [0.4, 0.5) is 0 Å². The molecule has 0 N–H and O–H groups in total. The van der Waals surface area contributed by atoms with E-state index in [1.54, 1.807) is 0 Å². The van der Waals surface area contributed by atoms with Gasteiger partial charge in [-0.3, -0.25) is 4.98 Å². The lowest BCUT2D eigenvalue weighted by atomic mass is 9.67. The zero-order valence-electron chi connectivity index (χ0n) is 13.2. The first-order chi connectivity index (χ1) is 9.32. The molecule has 1 saturated heterocycles. The lowest BCUT2D eigenvalue weighted by molar-refractivity contribution is 0.00578. The minimum atomic E-state index is -0.287. The monoisotopic (exact) mass is 273 g/mol. The van der Waals surface area contributed by atoms with Crippen molar-refractivity contribution in [2.75, 3.05) is 0 Å². The maximum Gasteiger partial charge on any atom is 0.495 e. The first-order valence-electron chi connectivity index (χ1n) is 7.62. The Morgan fingerprint density at radius 3 is 2.20 bits per heavy atom. The summed E-state index contributed by atoms with van der Waals surface area (Å²) in [5, 5.41) is 0. The molecular formula is C16H24BNO2. The first kappa shape index (κ1) is 14.1. The van der Waals surface area contributed by atoms with Gasteiger partial charge in [-0.1, -0.05) is 6.42 Å². The Labute approximate surface area is 122 Å². The summed E-state index contributed by atoms with van der Waals surface area (Å²) in [6.07, 6.45) is 7.77. The fraction of sp³-hybridized carbons (Fsp3) is 0.688. The van der Waals surface area contributed by atoms with E-state index < -0.39 is 0 Å². The molecule has 0 radical (unpaired) electrons. The highest BCUT2D eigenvalue weighted by atomic mass is 16.7. The van der Waals surface area contributed by atoms with Crippen LogP contribution < -0.4 is 5.46 Å². The van der Waals surface area contributed by atoms with Crippen molar-refractivity contribution in [3.63, 3.8) is 0 Å². The van der Waals surface area contributed by atoms with Gasteiger partial charge in [-0.05, 0) is 70.0 Å². The molecule has 1 aliphatic carbocycles. The first-order valence-corrected chi connectivity index (χ1v) is 7.62. The van der Waals surface area contributed by atoms with Crippen LogP contribution in [0.2, 0.25) is 0 Å². The Bertz CT molecular complexity index is 507. The molecule has 1 saturated carbocycles. The summed E-state index contributed by atoms with van der Waals surface area (Å²) in [5.74, 6) is 0.636. The second-order valence-corrected chi connectivity index (χ2v) is 7.18. The van der Waals surface area contributed by atoms with Gasteiger partial charge in [-0.25, -0.2) is 0 Å². The predicted molar refractivity (Wildman–Crippen MR) is 81.3 cm³/mol. The average Bonchev–Trinajstić information content (AvgIpc) is 2.45. The highest BCUT2D eigenvalue weighted by Gasteiger charge is 2.52. The van der Waals surface area contributed by atoms with Crippen LogP contribution in [0.3, 0.4) is 0 Å². The summed E-state index contributed by atoms with van der Waals surface area (Å²) in [6.45, 7) is 10.5. The van der Waals surface area contributed by atoms with Crippen LogP contribution in [0.5, 0.6) is 0 Å². The van der Waals surface area contributed by atoms with Crippen LogP contribution >= 0.6 is 0 Å². The maximum absolute atomic E-state index is 6.24. The van der Waals surface area contributed by atoms with E-state index in [9.17, 15) is 0 Å². The Balaban J connectivity index is 1.99. The number of aryl methyl sites for hydroxylation is 1. The van der Waals surface area contributed by atoms with E-state index in [2.05, 4.69) is 39.6 Å². The summed E-state index contributed by atoms with van der Waals surface area (Å²) in [5.41, 5.74) is 3.14. The van der Waals surface area contributed by atoms with Gasteiger partial charge in [0.25, 0.3) is 0 Å². The van der Waals surface area contributed by atoms with Crippen molar-refractivity contribution < 1.29 is 9.31 Å². The van der Waals surface area contributed by atoms with E-state index in [0.717, 1.165) is 0 Å². The van der Waals surface area contributed by atoms with Gasteiger partial charge in [-0.2, -0.15) is 0 Å². The van der Waals surface area contributed by atoms with Gasteiger partial charge in [0.2, 0.25) is 0 Å². The summed E-state index contributed by atoms with van der Waals surface area (Å²) in [7, 11) is -0.265. The number of aromatic nitrogens is 1. The molecule has 0 unspecified atom stereocenters. The van der Waals surface area contributed by atoms with Crippen molar-refractivity contribution in [1.29, 1.82) is 0 Å². The van der Waals surface area contributed by atoms with Crippen LogP contribution in [0, 0.1) is 6.92 Å². The van der Waals surface area contributed by atoms with Crippen LogP contribution in [0.25, 0.3) is 0 Å². The number of nitrogens with zero attached hydrogens (tertiary/aromatic N) is 1. The van der Waals surface area contributed by atoms with Crippen molar-refractivity contribution in [3.8, 4) is 0 Å². The van der Waals surface area contributed by atoms with E-state index in [1.165, 1.54) is 35.9 Å². The predicted octanol–water partition coefficient (Wildman–Crippen LogP) is 2.96. The lowest BCUT2D eigenvalue weighted by Gasteiger charge is -2.32. The minimum Gasteiger partial charge on any atom is -0.399 e. The molecule has 1 aromatic heterocycles. The van der Waals surface area contributed by atoms with E-state index >= 15 is 0 Å². The largest absolute Gasteiger partial charge is 0.495 e. The standard InChI is InChI=1S/C16H24BNO2/c1-11-9-18-10-13(12-7-6-8-12)14(11)17-19-15(2,3)16(4,5)20-17/h9-10,12H,6-8H2,1-5H3. The molecule has 1 aromatic rings. The quantitative estimate of drug-likeness (QED) is 0.776. The van der Waals surface area contributed by atoms with Gasteiger partial charge in [-0.15, -0.1) is 0 Å². The molecule has 3 rings (SSSR count). The number of rotatable bonds is 2. The van der Waals surface area contributed by atoms with E-state index in [0.29, 0.717) is 5.92 Å². The molecule has 0 spiro atoms. The minimum absolute atomic E-state index is 0.265. The summed E-state index contributed by atoms with van der Waals surface area (Å²) < 4.78 is 12.5. The Kier molecular flexibility index (Phi) is 3.22. The Morgan fingerprint density at radius 2 is 1.70 bits per heavy atom. The van der Waals surface area contributed by atoms with Crippen LogP contribution in [-0.4, -0.2) is 23.3 Å². The van der Waals surface area contributed by atoms with Gasteiger partial charge in [0.05, 0.1) is 11.2 Å². The fourth-order valence-electron chi connectivity index (χ4n) is 2.92. The summed E-state index contributed by atoms with van der Waals surface area (Å²) in [4.78, 5) is 4.38. The Morgan fingerprint density at radius 1 is 1.10 bits per heavy atom. The third kappa shape index (κ3) is 2.10. The van der Waals surface area contributed by atoms with Gasteiger partial charge < -0.3 is 9.31 Å². The van der Waals surface area contributed by atoms with E-state index in [-0.39, 0.29) is 18.3 Å². The zero-order chi connectivity index (χ0) is 14.5. The number of hydrogen-bond acceptors (Lipinski definition) is 3. The van der Waals surface area contributed by atoms with E-state index in [4.69, 9.17) is 9.31 Å². The summed E-state index contributed by atoms with van der Waals surface area (Å²) >= 11 is 0. The molecule has 0 aromatic carbocycles. The van der Waals surface area contributed by atoms with Gasteiger partial charge >= 0.3 is 7.12 Å². The average molecular weight is 273 g/mol. The summed E-state index contributed by atoms with van der Waals surface area (Å²) in [6, 6.07) is 0. The molecule has 2 heterocycles. The SMILES string of the molecule is Cc1cncc(C2CCC2)c1B1OC(C)(C)C(C)(C)O1. The topological polar surface area (TPSA) is 31.4 Å². The van der Waals surface area contributed by atoms with Crippen molar-refractivity contribution in [3.05, 3.63) is 23.5 Å². The van der Waals surface area contributed by atoms with Crippen molar-refractivity contribution in [2.45, 2.75) is 71.0 Å². The smallest absolute Gasteiger partial charge is 0.399 e. The molecular weight excluding hydrogens is 249 g/mol. The molecule has 2 aliphatic rings. The number of hydrogen-bond donors (Lipinski definition) is 0. The second kappa shape index (κ2) is 4.57. The molecule has 3 nitrogen and oxygen atoms in total. The Hall–Kier alpha value is -0.865. The van der Waals surface area contributed by atoms with Gasteiger partial charge in [0.15, 0.2) is 0 Å². The van der Waals surface area contributed by atoms with Gasteiger partial charge in [0, 0.05) is 12.4 Å². The second-order valence-electron chi connectivity index (χ2n) is 7.18. The molecule has 0 bridgehead atoms. The molecule has 0 atom stereocenters. The highest BCUT2D eigenvalue weighted by molar-refractivity contribution is 6.63. The van der Waals surface area contributed by atoms with Gasteiger partial charge in [0.1, 0.15) is 0 Å². The third-order valence-electron chi connectivity index (χ3n) is 5.25. The van der Waals surface area contributed by atoms with Crippen molar-refractivity contribution >= 4 is 12.6 Å². The maximum atomic E-state index is 6.24. The molecule has 20 heavy (non-hydrogen) atoms. The van der Waals surface area contributed by atoms with Crippen LogP contribution in [-0.2, 0) is 9.31 Å². The molecule has 2 fully saturated rings. The zero-order valence-corrected chi connectivity index (χ0v) is 13.2. The normalized spacial score (nSPS) is 24.8.